The summed E-state index contributed by atoms with van der Waals surface area (Å²) in [7, 11) is 0. The number of hydrogen-bond acceptors (Lipinski definition) is 5. The lowest BCUT2D eigenvalue weighted by atomic mass is 10.1. The molecule has 6 nitrogen and oxygen atoms in total. The van der Waals surface area contributed by atoms with Gasteiger partial charge in [-0.15, -0.1) is 0 Å². The third-order valence-corrected chi connectivity index (χ3v) is 3.95. The van der Waals surface area contributed by atoms with E-state index < -0.39 is 11.6 Å². The quantitative estimate of drug-likeness (QED) is 0.444. The molecule has 0 saturated carbocycles. The molecule has 0 unspecified atom stereocenters. The molecule has 0 aliphatic rings. The van der Waals surface area contributed by atoms with E-state index >= 15 is 0 Å². The molecular formula is C21H24N2O4. The fourth-order valence-corrected chi connectivity index (χ4v) is 2.45. The maximum atomic E-state index is 12.0. The highest BCUT2D eigenvalue weighted by Crippen LogP contribution is 2.35. The van der Waals surface area contributed by atoms with E-state index in [-0.39, 0.29) is 0 Å². The Balaban J connectivity index is 2.23. The summed E-state index contributed by atoms with van der Waals surface area (Å²) in [4.78, 5) is 15.4. The van der Waals surface area contributed by atoms with Gasteiger partial charge in [0.25, 0.3) is 0 Å². The minimum Gasteiger partial charge on any atom is -0.476 e. The predicted octanol–water partition coefficient (Wildman–Crippen LogP) is 4.95. The second-order valence-electron chi connectivity index (χ2n) is 6.65. The highest BCUT2D eigenvalue weighted by molar-refractivity contribution is 5.79. The first-order chi connectivity index (χ1) is 12.7. The minimum atomic E-state index is -1.10. The Bertz CT molecular complexity index is 898. The van der Waals surface area contributed by atoms with Gasteiger partial charge in [-0.25, -0.2) is 9.64 Å². The molecule has 6 heteroatoms. The van der Waals surface area contributed by atoms with Crippen molar-refractivity contribution in [3.05, 3.63) is 52.9 Å². The maximum Gasteiger partial charge on any atom is 0.349 e. The number of benzene rings is 2. The van der Waals surface area contributed by atoms with Crippen molar-refractivity contribution >= 4 is 17.3 Å². The standard InChI is InChI=1S/C21H24N2O4/c1-7-25-20(24)21(4,5)27-18-9-8-15(10-13(18)2)26-19-12-17(23-6)16(22)11-14(19)3/h8-12H,7,22H2,1-5H3. The van der Waals surface area contributed by atoms with Crippen LogP contribution in [0.4, 0.5) is 11.4 Å². The van der Waals surface area contributed by atoms with Gasteiger partial charge in [-0.1, -0.05) is 0 Å². The number of hydrogen-bond donors (Lipinski definition) is 1. The Hall–Kier alpha value is -3.20. The lowest BCUT2D eigenvalue weighted by Gasteiger charge is -2.25. The zero-order valence-corrected chi connectivity index (χ0v) is 16.3. The Morgan fingerprint density at radius 1 is 1.15 bits per heavy atom. The topological polar surface area (TPSA) is 75.1 Å². The molecule has 0 radical (unpaired) electrons. The monoisotopic (exact) mass is 368 g/mol. The van der Waals surface area contributed by atoms with E-state index in [1.165, 1.54) is 0 Å². The molecule has 2 rings (SSSR count). The summed E-state index contributed by atoms with van der Waals surface area (Å²) < 4.78 is 16.8. The van der Waals surface area contributed by atoms with E-state index in [2.05, 4.69) is 4.85 Å². The summed E-state index contributed by atoms with van der Waals surface area (Å²) in [5, 5.41) is 0. The number of ether oxygens (including phenoxy) is 3. The second kappa shape index (κ2) is 8.00. The van der Waals surface area contributed by atoms with Crippen molar-refractivity contribution in [2.45, 2.75) is 40.2 Å². The molecule has 142 valence electrons. The number of rotatable bonds is 6. The number of carbonyl (C=O) groups excluding carboxylic acids is 1. The predicted molar refractivity (Wildman–Crippen MR) is 104 cm³/mol. The fourth-order valence-electron chi connectivity index (χ4n) is 2.45. The van der Waals surface area contributed by atoms with Crippen LogP contribution in [0.25, 0.3) is 4.85 Å². The summed E-state index contributed by atoms with van der Waals surface area (Å²) in [6.07, 6.45) is 0. The molecule has 2 aromatic rings. The van der Waals surface area contributed by atoms with Crippen LogP contribution in [0.15, 0.2) is 30.3 Å². The largest absolute Gasteiger partial charge is 0.476 e. The van der Waals surface area contributed by atoms with Gasteiger partial charge in [-0.05, 0) is 76.1 Å². The number of aryl methyl sites for hydroxylation is 2. The first kappa shape index (κ1) is 20.1. The molecule has 0 atom stereocenters. The normalized spacial score (nSPS) is 10.8. The third-order valence-electron chi connectivity index (χ3n) is 3.95. The Morgan fingerprint density at radius 3 is 2.41 bits per heavy atom. The van der Waals surface area contributed by atoms with Crippen LogP contribution in [0.3, 0.4) is 0 Å². The first-order valence-corrected chi connectivity index (χ1v) is 8.60. The Morgan fingerprint density at radius 2 is 1.81 bits per heavy atom. The van der Waals surface area contributed by atoms with Crippen LogP contribution in [0.1, 0.15) is 31.9 Å². The SMILES string of the molecule is [C-]#[N+]c1cc(Oc2ccc(OC(C)(C)C(=O)OCC)c(C)c2)c(C)cc1N. The Labute approximate surface area is 159 Å². The van der Waals surface area contributed by atoms with Gasteiger partial charge in [0.15, 0.2) is 5.60 Å². The smallest absolute Gasteiger partial charge is 0.349 e. The molecule has 27 heavy (non-hydrogen) atoms. The molecule has 0 aromatic heterocycles. The molecule has 0 fully saturated rings. The lowest BCUT2D eigenvalue weighted by molar-refractivity contribution is -0.158. The van der Waals surface area contributed by atoms with Crippen molar-refractivity contribution < 1.29 is 19.0 Å². The summed E-state index contributed by atoms with van der Waals surface area (Å²) in [6, 6.07) is 8.64. The van der Waals surface area contributed by atoms with Crippen molar-refractivity contribution in [2.75, 3.05) is 12.3 Å². The third kappa shape index (κ3) is 4.70. The minimum absolute atomic E-state index is 0.297. The van der Waals surface area contributed by atoms with Crippen LogP contribution < -0.4 is 15.2 Å². The second-order valence-corrected chi connectivity index (χ2v) is 6.65. The number of nitrogens with two attached hydrogens (primary N) is 1. The first-order valence-electron chi connectivity index (χ1n) is 8.60. The van der Waals surface area contributed by atoms with Crippen molar-refractivity contribution in [2.24, 2.45) is 0 Å². The van der Waals surface area contributed by atoms with Gasteiger partial charge in [0, 0.05) is 5.69 Å². The summed E-state index contributed by atoms with van der Waals surface area (Å²) in [5.41, 5.74) is 7.14. The molecule has 2 N–H and O–H groups in total. The van der Waals surface area contributed by atoms with Gasteiger partial charge < -0.3 is 19.9 Å². The maximum absolute atomic E-state index is 12.0. The van der Waals surface area contributed by atoms with Gasteiger partial charge in [0.1, 0.15) is 17.2 Å². The lowest BCUT2D eigenvalue weighted by Crippen LogP contribution is -2.39. The van der Waals surface area contributed by atoms with E-state index in [1.807, 2.05) is 19.9 Å². The fraction of sp³-hybridized carbons (Fsp3) is 0.333. The summed E-state index contributed by atoms with van der Waals surface area (Å²) in [6.45, 7) is 16.3. The molecule has 0 saturated heterocycles. The molecule has 0 amide bonds. The number of carbonyl (C=O) groups is 1. The molecule has 0 spiro atoms. The van der Waals surface area contributed by atoms with E-state index in [9.17, 15) is 4.79 Å². The molecule has 2 aromatic carbocycles. The number of nitrogens with zero attached hydrogens (tertiary/aromatic N) is 1. The summed E-state index contributed by atoms with van der Waals surface area (Å²) >= 11 is 0. The molecular weight excluding hydrogens is 344 g/mol. The van der Waals surface area contributed by atoms with Gasteiger partial charge in [-0.3, -0.25) is 0 Å². The number of anilines is 1. The van der Waals surface area contributed by atoms with Gasteiger partial charge in [0.05, 0.1) is 13.2 Å². The average Bonchev–Trinajstić information content (AvgIpc) is 2.59. The van der Waals surface area contributed by atoms with Crippen molar-refractivity contribution in [1.82, 2.24) is 0 Å². The number of esters is 1. The zero-order chi connectivity index (χ0) is 20.2. The van der Waals surface area contributed by atoms with Crippen LogP contribution in [0.2, 0.25) is 0 Å². The van der Waals surface area contributed by atoms with E-state index in [0.717, 1.165) is 11.1 Å². The highest BCUT2D eigenvalue weighted by atomic mass is 16.6. The van der Waals surface area contributed by atoms with E-state index in [4.69, 9.17) is 26.5 Å². The van der Waals surface area contributed by atoms with Crippen LogP contribution in [0.5, 0.6) is 17.2 Å². The highest BCUT2D eigenvalue weighted by Gasteiger charge is 2.32. The molecule has 0 aliphatic carbocycles. The van der Waals surface area contributed by atoms with E-state index in [1.54, 1.807) is 45.0 Å². The van der Waals surface area contributed by atoms with Crippen molar-refractivity contribution in [3.63, 3.8) is 0 Å². The molecule has 0 bridgehead atoms. The van der Waals surface area contributed by atoms with Crippen molar-refractivity contribution in [3.8, 4) is 17.2 Å². The van der Waals surface area contributed by atoms with Gasteiger partial charge in [-0.2, -0.15) is 0 Å². The van der Waals surface area contributed by atoms with Crippen LogP contribution in [-0.2, 0) is 9.53 Å². The Kier molecular flexibility index (Phi) is 5.96. The van der Waals surface area contributed by atoms with Crippen LogP contribution in [-0.4, -0.2) is 18.2 Å². The molecule has 0 aliphatic heterocycles. The zero-order valence-electron chi connectivity index (χ0n) is 16.3. The van der Waals surface area contributed by atoms with Gasteiger partial charge >= 0.3 is 5.97 Å². The van der Waals surface area contributed by atoms with Crippen molar-refractivity contribution in [1.29, 1.82) is 0 Å². The van der Waals surface area contributed by atoms with E-state index in [0.29, 0.717) is 35.2 Å². The van der Waals surface area contributed by atoms with Crippen LogP contribution >= 0.6 is 0 Å². The van der Waals surface area contributed by atoms with Gasteiger partial charge in [0.2, 0.25) is 5.69 Å². The molecule has 0 heterocycles. The average molecular weight is 368 g/mol. The number of nitrogen functional groups attached to an aromatic ring is 1. The van der Waals surface area contributed by atoms with Crippen LogP contribution in [0, 0.1) is 20.4 Å². The summed E-state index contributed by atoms with van der Waals surface area (Å²) in [5.74, 6) is 1.30.